The highest BCUT2D eigenvalue weighted by Gasteiger charge is 2.09. The van der Waals surface area contributed by atoms with Gasteiger partial charge in [0.05, 0.1) is 5.75 Å². The van der Waals surface area contributed by atoms with E-state index in [4.69, 9.17) is 0 Å². The van der Waals surface area contributed by atoms with Gasteiger partial charge in [0.1, 0.15) is 0 Å². The molecule has 2 rings (SSSR count). The Labute approximate surface area is 122 Å². The molecule has 20 heavy (non-hydrogen) atoms. The number of nitrogens with one attached hydrogen (secondary N) is 1. The van der Waals surface area contributed by atoms with Crippen LogP contribution in [0.5, 0.6) is 0 Å². The predicted molar refractivity (Wildman–Crippen MR) is 80.7 cm³/mol. The molecular formula is C15H16N2O2S. The fourth-order valence-electron chi connectivity index (χ4n) is 1.68. The molecule has 0 aliphatic heterocycles. The predicted octanol–water partition coefficient (Wildman–Crippen LogP) is 2.67. The lowest BCUT2D eigenvalue weighted by Gasteiger charge is -2.07. The minimum absolute atomic E-state index is 0.123. The molecule has 0 atom stereocenters. The zero-order chi connectivity index (χ0) is 14.5. The lowest BCUT2D eigenvalue weighted by molar-refractivity contribution is -0.645. The number of pyridine rings is 1. The Morgan fingerprint density at radius 2 is 2.05 bits per heavy atom. The van der Waals surface area contributed by atoms with Gasteiger partial charge in [-0.3, -0.25) is 4.79 Å². The van der Waals surface area contributed by atoms with E-state index in [0.29, 0.717) is 5.03 Å². The van der Waals surface area contributed by atoms with Crippen LogP contribution in [0.2, 0.25) is 0 Å². The molecule has 104 valence electrons. The molecule has 5 heteroatoms. The van der Waals surface area contributed by atoms with Crippen LogP contribution in [0.15, 0.2) is 47.6 Å². The maximum atomic E-state index is 11.9. The SMILES string of the molecule is Cc1ccc(NC(=O)CSc2cccc[n+]2[O-])cc1C. The van der Waals surface area contributed by atoms with E-state index >= 15 is 0 Å². The quantitative estimate of drug-likeness (QED) is 0.534. The summed E-state index contributed by atoms with van der Waals surface area (Å²) in [6.07, 6.45) is 1.42. The molecule has 1 aromatic carbocycles. The number of aryl methyl sites for hydroxylation is 2. The van der Waals surface area contributed by atoms with Gasteiger partial charge in [0.25, 0.3) is 5.03 Å². The summed E-state index contributed by atoms with van der Waals surface area (Å²) in [6, 6.07) is 10.9. The molecule has 0 unspecified atom stereocenters. The van der Waals surface area contributed by atoms with E-state index in [1.54, 1.807) is 18.2 Å². The first-order valence-corrected chi connectivity index (χ1v) is 7.23. The van der Waals surface area contributed by atoms with Gasteiger partial charge in [0, 0.05) is 17.8 Å². The first kappa shape index (κ1) is 14.4. The second-order valence-electron chi connectivity index (χ2n) is 4.50. The number of benzene rings is 1. The van der Waals surface area contributed by atoms with Crippen LogP contribution in [0.1, 0.15) is 11.1 Å². The maximum Gasteiger partial charge on any atom is 0.251 e. The van der Waals surface area contributed by atoms with Gasteiger partial charge in [-0.2, -0.15) is 4.73 Å². The Morgan fingerprint density at radius 1 is 1.25 bits per heavy atom. The smallest absolute Gasteiger partial charge is 0.251 e. The minimum Gasteiger partial charge on any atom is -0.618 e. The van der Waals surface area contributed by atoms with Crippen LogP contribution in [-0.4, -0.2) is 11.7 Å². The highest BCUT2D eigenvalue weighted by atomic mass is 32.2. The monoisotopic (exact) mass is 288 g/mol. The number of carbonyl (C=O) groups excluding carboxylic acids is 1. The highest BCUT2D eigenvalue weighted by Crippen LogP contribution is 2.16. The Kier molecular flexibility index (Phi) is 4.63. The van der Waals surface area contributed by atoms with Gasteiger partial charge in [-0.25, -0.2) is 0 Å². The van der Waals surface area contributed by atoms with Crippen molar-refractivity contribution >= 4 is 23.4 Å². The third-order valence-corrected chi connectivity index (χ3v) is 3.95. The Hall–Kier alpha value is -2.01. The van der Waals surface area contributed by atoms with E-state index in [2.05, 4.69) is 5.32 Å². The molecule has 1 aromatic heterocycles. The van der Waals surface area contributed by atoms with Gasteiger partial charge < -0.3 is 10.5 Å². The summed E-state index contributed by atoms with van der Waals surface area (Å²) in [7, 11) is 0. The van der Waals surface area contributed by atoms with E-state index in [1.165, 1.54) is 23.5 Å². The van der Waals surface area contributed by atoms with Crippen LogP contribution in [0.4, 0.5) is 5.69 Å². The average molecular weight is 288 g/mol. The number of carbonyl (C=O) groups is 1. The number of amides is 1. The van der Waals surface area contributed by atoms with Crippen molar-refractivity contribution in [1.29, 1.82) is 0 Å². The number of hydrogen-bond acceptors (Lipinski definition) is 3. The molecule has 0 saturated heterocycles. The highest BCUT2D eigenvalue weighted by molar-refractivity contribution is 7.99. The van der Waals surface area contributed by atoms with Crippen molar-refractivity contribution in [3.8, 4) is 0 Å². The number of aromatic nitrogens is 1. The molecule has 4 nitrogen and oxygen atoms in total. The lowest BCUT2D eigenvalue weighted by Crippen LogP contribution is -2.28. The second-order valence-corrected chi connectivity index (χ2v) is 5.50. The second kappa shape index (κ2) is 6.43. The molecule has 0 spiro atoms. The van der Waals surface area contributed by atoms with Gasteiger partial charge in [0.2, 0.25) is 5.91 Å². The standard InChI is InChI=1S/C15H16N2O2S/c1-11-6-7-13(9-12(11)2)16-14(18)10-20-15-5-3-4-8-17(15)19/h3-9H,10H2,1-2H3,(H,16,18). The van der Waals surface area contributed by atoms with Gasteiger partial charge in [0.15, 0.2) is 6.20 Å². The van der Waals surface area contributed by atoms with Crippen LogP contribution < -0.4 is 10.0 Å². The zero-order valence-electron chi connectivity index (χ0n) is 11.4. The summed E-state index contributed by atoms with van der Waals surface area (Å²) in [6.45, 7) is 4.03. The number of anilines is 1. The Morgan fingerprint density at radius 3 is 2.75 bits per heavy atom. The van der Waals surface area contributed by atoms with Crippen molar-refractivity contribution in [1.82, 2.24) is 0 Å². The molecule has 0 saturated carbocycles. The molecule has 0 bridgehead atoms. The van der Waals surface area contributed by atoms with Gasteiger partial charge in [-0.15, -0.1) is 0 Å². The van der Waals surface area contributed by atoms with E-state index in [0.717, 1.165) is 16.0 Å². The molecule has 1 heterocycles. The summed E-state index contributed by atoms with van der Waals surface area (Å²) >= 11 is 1.22. The number of nitrogens with zero attached hydrogens (tertiary/aromatic N) is 1. The Balaban J connectivity index is 1.93. The molecule has 2 aromatic rings. The van der Waals surface area contributed by atoms with Gasteiger partial charge >= 0.3 is 0 Å². The largest absolute Gasteiger partial charge is 0.618 e. The zero-order valence-corrected chi connectivity index (χ0v) is 12.2. The minimum atomic E-state index is -0.123. The summed E-state index contributed by atoms with van der Waals surface area (Å²) in [4.78, 5) is 11.9. The summed E-state index contributed by atoms with van der Waals surface area (Å²) in [5, 5.41) is 14.8. The molecular weight excluding hydrogens is 272 g/mol. The molecule has 1 N–H and O–H groups in total. The number of rotatable bonds is 4. The Bertz CT molecular complexity index is 629. The number of thioether (sulfide) groups is 1. The third kappa shape index (κ3) is 3.74. The van der Waals surface area contributed by atoms with Crippen molar-refractivity contribution in [3.63, 3.8) is 0 Å². The van der Waals surface area contributed by atoms with Gasteiger partial charge in [-0.05, 0) is 54.9 Å². The summed E-state index contributed by atoms with van der Waals surface area (Å²) < 4.78 is 0.758. The molecule has 0 aliphatic rings. The van der Waals surface area contributed by atoms with Crippen LogP contribution in [-0.2, 0) is 4.79 Å². The van der Waals surface area contributed by atoms with Crippen molar-refractivity contribution in [3.05, 3.63) is 58.9 Å². The summed E-state index contributed by atoms with van der Waals surface area (Å²) in [5.41, 5.74) is 3.10. The molecule has 0 fully saturated rings. The van der Waals surface area contributed by atoms with E-state index in [-0.39, 0.29) is 11.7 Å². The molecule has 0 aliphatic carbocycles. The molecule has 0 radical (unpaired) electrons. The van der Waals surface area contributed by atoms with Crippen molar-refractivity contribution in [2.45, 2.75) is 18.9 Å². The van der Waals surface area contributed by atoms with E-state index < -0.39 is 0 Å². The fourth-order valence-corrected chi connectivity index (χ4v) is 2.39. The normalized spacial score (nSPS) is 10.3. The van der Waals surface area contributed by atoms with Gasteiger partial charge in [-0.1, -0.05) is 6.07 Å². The van der Waals surface area contributed by atoms with Crippen LogP contribution in [0, 0.1) is 19.1 Å². The van der Waals surface area contributed by atoms with Crippen LogP contribution >= 0.6 is 11.8 Å². The first-order chi connectivity index (χ1) is 9.56. The fraction of sp³-hybridized carbons (Fsp3) is 0.200. The first-order valence-electron chi connectivity index (χ1n) is 6.24. The number of hydrogen-bond donors (Lipinski definition) is 1. The third-order valence-electron chi connectivity index (χ3n) is 2.93. The van der Waals surface area contributed by atoms with E-state index in [9.17, 15) is 10.0 Å². The lowest BCUT2D eigenvalue weighted by atomic mass is 10.1. The van der Waals surface area contributed by atoms with E-state index in [1.807, 2.05) is 32.0 Å². The topological polar surface area (TPSA) is 56.0 Å². The van der Waals surface area contributed by atoms with Crippen molar-refractivity contribution in [2.75, 3.05) is 11.1 Å². The van der Waals surface area contributed by atoms with Crippen molar-refractivity contribution < 1.29 is 9.52 Å². The van der Waals surface area contributed by atoms with Crippen molar-refractivity contribution in [2.24, 2.45) is 0 Å². The maximum absolute atomic E-state index is 11.9. The molecule has 1 amide bonds. The van der Waals surface area contributed by atoms with Crippen LogP contribution in [0.25, 0.3) is 0 Å². The summed E-state index contributed by atoms with van der Waals surface area (Å²) in [5.74, 6) is 0.0845. The van der Waals surface area contributed by atoms with Crippen LogP contribution in [0.3, 0.4) is 0 Å². The average Bonchev–Trinajstić information content (AvgIpc) is 2.42.